The van der Waals surface area contributed by atoms with Crippen LogP contribution in [0.5, 0.6) is 0 Å². The molecule has 2 aromatic rings. The van der Waals surface area contributed by atoms with Gasteiger partial charge in [0.2, 0.25) is 5.91 Å². The Morgan fingerprint density at radius 3 is 2.43 bits per heavy atom. The third-order valence-corrected chi connectivity index (χ3v) is 5.84. The molecule has 6 nitrogen and oxygen atoms in total. The fourth-order valence-electron chi connectivity index (χ4n) is 4.50. The van der Waals surface area contributed by atoms with Crippen LogP contribution < -0.4 is 5.32 Å². The molecular weight excluding hydrogens is 352 g/mol. The Kier molecular flexibility index (Phi) is 5.37. The van der Waals surface area contributed by atoms with E-state index in [2.05, 4.69) is 32.3 Å². The van der Waals surface area contributed by atoms with Crippen LogP contribution in [0, 0.1) is 6.92 Å². The maximum atomic E-state index is 12.8. The lowest BCUT2D eigenvalue weighted by molar-refractivity contribution is -0.135. The van der Waals surface area contributed by atoms with Crippen molar-refractivity contribution >= 4 is 11.8 Å². The van der Waals surface area contributed by atoms with Crippen molar-refractivity contribution in [2.45, 2.75) is 63.6 Å². The molecule has 2 bridgehead atoms. The molecule has 0 saturated carbocycles. The summed E-state index contributed by atoms with van der Waals surface area (Å²) >= 11 is 0. The van der Waals surface area contributed by atoms with Crippen molar-refractivity contribution in [3.63, 3.8) is 0 Å². The van der Waals surface area contributed by atoms with Gasteiger partial charge in [-0.05, 0) is 44.6 Å². The molecule has 2 aliphatic rings. The van der Waals surface area contributed by atoms with E-state index in [1.54, 1.807) is 6.20 Å². The monoisotopic (exact) mass is 378 g/mol. The van der Waals surface area contributed by atoms with Crippen molar-refractivity contribution in [1.82, 2.24) is 20.2 Å². The van der Waals surface area contributed by atoms with Gasteiger partial charge in [0.05, 0.1) is 11.9 Å². The van der Waals surface area contributed by atoms with Crippen molar-refractivity contribution in [1.29, 1.82) is 0 Å². The van der Waals surface area contributed by atoms with E-state index in [0.717, 1.165) is 37.8 Å². The fraction of sp³-hybridized carbons (Fsp3) is 0.455. The topological polar surface area (TPSA) is 75.2 Å². The van der Waals surface area contributed by atoms with Crippen molar-refractivity contribution in [2.24, 2.45) is 0 Å². The first-order valence-electron chi connectivity index (χ1n) is 10.0. The number of carbonyl (C=O) groups is 2. The van der Waals surface area contributed by atoms with E-state index in [4.69, 9.17) is 0 Å². The van der Waals surface area contributed by atoms with Crippen LogP contribution in [0.15, 0.2) is 42.7 Å². The number of nitrogens with zero attached hydrogens (tertiary/aromatic N) is 3. The van der Waals surface area contributed by atoms with Crippen molar-refractivity contribution < 1.29 is 9.59 Å². The molecule has 28 heavy (non-hydrogen) atoms. The molecule has 6 heteroatoms. The van der Waals surface area contributed by atoms with Crippen LogP contribution in [-0.2, 0) is 11.2 Å². The maximum absolute atomic E-state index is 12.8. The Morgan fingerprint density at radius 2 is 1.79 bits per heavy atom. The first-order chi connectivity index (χ1) is 13.6. The lowest BCUT2D eigenvalue weighted by Crippen LogP contribution is -2.52. The van der Waals surface area contributed by atoms with Gasteiger partial charge in [-0.3, -0.25) is 14.6 Å². The third-order valence-electron chi connectivity index (χ3n) is 5.84. The number of benzene rings is 1. The summed E-state index contributed by atoms with van der Waals surface area (Å²) in [5.74, 6) is 0.0614. The van der Waals surface area contributed by atoms with Crippen LogP contribution in [-0.4, -0.2) is 44.8 Å². The quantitative estimate of drug-likeness (QED) is 0.868. The predicted octanol–water partition coefficient (Wildman–Crippen LogP) is 2.67. The molecule has 1 aromatic carbocycles. The molecule has 3 atom stereocenters. The number of aromatic nitrogens is 2. The predicted molar refractivity (Wildman–Crippen MR) is 106 cm³/mol. The summed E-state index contributed by atoms with van der Waals surface area (Å²) in [6.45, 7) is 1.84. The molecule has 0 radical (unpaired) electrons. The second-order valence-corrected chi connectivity index (χ2v) is 7.86. The third kappa shape index (κ3) is 4.06. The van der Waals surface area contributed by atoms with Gasteiger partial charge in [-0.15, -0.1) is 0 Å². The van der Waals surface area contributed by atoms with Crippen LogP contribution in [0.25, 0.3) is 0 Å². The van der Waals surface area contributed by atoms with Gasteiger partial charge in [-0.25, -0.2) is 4.98 Å². The number of hydrogen-bond acceptors (Lipinski definition) is 4. The van der Waals surface area contributed by atoms with E-state index in [9.17, 15) is 9.59 Å². The first kappa shape index (κ1) is 18.6. The number of fused-ring (bicyclic) bond motifs is 2. The number of amides is 2. The Morgan fingerprint density at radius 1 is 1.07 bits per heavy atom. The molecule has 1 unspecified atom stereocenters. The van der Waals surface area contributed by atoms with E-state index < -0.39 is 0 Å². The van der Waals surface area contributed by atoms with Gasteiger partial charge >= 0.3 is 0 Å². The van der Waals surface area contributed by atoms with Gasteiger partial charge in [0.15, 0.2) is 0 Å². The van der Waals surface area contributed by atoms with Crippen molar-refractivity contribution in [3.05, 3.63) is 59.7 Å². The minimum Gasteiger partial charge on any atom is -0.348 e. The molecule has 146 valence electrons. The Balaban J connectivity index is 1.33. The minimum atomic E-state index is -0.180. The van der Waals surface area contributed by atoms with Crippen LogP contribution in [0.2, 0.25) is 0 Å². The Hall–Kier alpha value is -2.76. The second-order valence-electron chi connectivity index (χ2n) is 7.86. The van der Waals surface area contributed by atoms with E-state index in [-0.39, 0.29) is 29.9 Å². The van der Waals surface area contributed by atoms with Gasteiger partial charge in [-0.2, -0.15) is 0 Å². The Bertz CT molecular complexity index is 823. The van der Waals surface area contributed by atoms with Gasteiger partial charge in [0.1, 0.15) is 5.69 Å². The molecule has 2 amide bonds. The number of hydrogen-bond donors (Lipinski definition) is 1. The molecule has 2 fully saturated rings. The average molecular weight is 378 g/mol. The van der Waals surface area contributed by atoms with Crippen LogP contribution in [0.3, 0.4) is 0 Å². The number of rotatable bonds is 5. The highest BCUT2D eigenvalue weighted by Crippen LogP contribution is 2.36. The average Bonchev–Trinajstić information content (AvgIpc) is 2.98. The van der Waals surface area contributed by atoms with Crippen LogP contribution in [0.4, 0.5) is 0 Å². The van der Waals surface area contributed by atoms with E-state index >= 15 is 0 Å². The summed E-state index contributed by atoms with van der Waals surface area (Å²) in [6.07, 6.45) is 8.14. The van der Waals surface area contributed by atoms with Gasteiger partial charge in [-0.1, -0.05) is 30.3 Å². The molecule has 4 rings (SSSR count). The summed E-state index contributed by atoms with van der Waals surface area (Å²) in [7, 11) is 0. The van der Waals surface area contributed by atoms with E-state index in [1.165, 1.54) is 11.8 Å². The molecule has 0 spiro atoms. The molecule has 3 heterocycles. The number of nitrogens with one attached hydrogen (secondary N) is 1. The van der Waals surface area contributed by atoms with E-state index in [0.29, 0.717) is 12.1 Å². The smallest absolute Gasteiger partial charge is 0.271 e. The highest BCUT2D eigenvalue weighted by molar-refractivity contribution is 5.92. The molecule has 0 aliphatic carbocycles. The molecule has 1 aromatic heterocycles. The first-order valence-corrected chi connectivity index (χ1v) is 10.0. The highest BCUT2D eigenvalue weighted by Gasteiger charge is 2.43. The zero-order valence-corrected chi connectivity index (χ0v) is 16.2. The number of aryl methyl sites for hydroxylation is 2. The van der Waals surface area contributed by atoms with Crippen molar-refractivity contribution in [2.75, 3.05) is 0 Å². The van der Waals surface area contributed by atoms with Gasteiger partial charge in [0, 0.05) is 30.7 Å². The summed E-state index contributed by atoms with van der Waals surface area (Å²) < 4.78 is 0. The summed E-state index contributed by atoms with van der Waals surface area (Å²) in [5.41, 5.74) is 2.33. The van der Waals surface area contributed by atoms with Crippen molar-refractivity contribution in [3.8, 4) is 0 Å². The van der Waals surface area contributed by atoms with Gasteiger partial charge < -0.3 is 10.2 Å². The molecular formula is C22H26N4O2. The Labute approximate surface area is 165 Å². The highest BCUT2D eigenvalue weighted by atomic mass is 16.2. The standard InChI is InChI=1S/C22H26N4O2/c1-15-13-24-20(14-23-15)22(28)25-17-11-18-8-9-19(12-17)26(18)21(27)10-7-16-5-3-2-4-6-16/h2-6,13-14,17-19H,7-12H2,1H3,(H,25,28)/t17?,18-,19+. The lowest BCUT2D eigenvalue weighted by atomic mass is 9.96. The van der Waals surface area contributed by atoms with Gasteiger partial charge in [0.25, 0.3) is 5.91 Å². The van der Waals surface area contributed by atoms with E-state index in [1.807, 2.05) is 25.1 Å². The SMILES string of the molecule is Cc1cnc(C(=O)NC2C[C@H]3CC[C@@H](C2)N3C(=O)CCc2ccccc2)cn1. The summed E-state index contributed by atoms with van der Waals surface area (Å²) in [5, 5.41) is 3.09. The summed E-state index contributed by atoms with van der Waals surface area (Å²) in [6, 6.07) is 10.7. The number of piperidine rings is 1. The number of carbonyl (C=O) groups excluding carboxylic acids is 2. The summed E-state index contributed by atoms with van der Waals surface area (Å²) in [4.78, 5) is 35.7. The lowest BCUT2D eigenvalue weighted by Gasteiger charge is -2.39. The molecule has 1 N–H and O–H groups in total. The minimum absolute atomic E-state index is 0.0891. The maximum Gasteiger partial charge on any atom is 0.271 e. The fourth-order valence-corrected chi connectivity index (χ4v) is 4.50. The van der Waals surface area contributed by atoms with Crippen LogP contribution in [0.1, 0.15) is 53.8 Å². The second kappa shape index (κ2) is 8.09. The van der Waals surface area contributed by atoms with Crippen LogP contribution >= 0.6 is 0 Å². The largest absolute Gasteiger partial charge is 0.348 e. The normalized spacial score (nSPS) is 23.5. The zero-order chi connectivity index (χ0) is 19.5. The zero-order valence-electron chi connectivity index (χ0n) is 16.2. The molecule has 2 saturated heterocycles. The molecule has 2 aliphatic heterocycles.